The molecular formula is C22H23ClN4O2. The molecule has 0 bridgehead atoms. The molecule has 29 heavy (non-hydrogen) atoms. The minimum atomic E-state index is -0.0571. The van der Waals surface area contributed by atoms with Crippen LogP contribution in [0.15, 0.2) is 53.1 Å². The third-order valence-electron chi connectivity index (χ3n) is 5.18. The van der Waals surface area contributed by atoms with Gasteiger partial charge in [-0.3, -0.25) is 9.69 Å². The van der Waals surface area contributed by atoms with Crippen LogP contribution in [0.1, 0.15) is 30.2 Å². The Bertz CT molecular complexity index is 981. The average molecular weight is 411 g/mol. The number of anilines is 1. The smallest absolute Gasteiger partial charge is 0.238 e. The van der Waals surface area contributed by atoms with Gasteiger partial charge in [0, 0.05) is 11.5 Å². The maximum absolute atomic E-state index is 12.4. The van der Waals surface area contributed by atoms with Crippen LogP contribution < -0.4 is 5.32 Å². The van der Waals surface area contributed by atoms with E-state index in [2.05, 4.69) is 20.4 Å². The van der Waals surface area contributed by atoms with E-state index in [-0.39, 0.29) is 11.8 Å². The number of carbonyl (C=O) groups excluding carboxylic acids is 1. The Morgan fingerprint density at radius 2 is 1.97 bits per heavy atom. The van der Waals surface area contributed by atoms with Crippen molar-refractivity contribution in [1.29, 1.82) is 0 Å². The molecule has 4 rings (SSSR count). The van der Waals surface area contributed by atoms with Crippen molar-refractivity contribution in [2.75, 3.05) is 25.0 Å². The molecule has 0 atom stereocenters. The Hall–Kier alpha value is -2.70. The number of hydrogen-bond acceptors (Lipinski definition) is 5. The zero-order chi connectivity index (χ0) is 20.2. The number of halogens is 1. The van der Waals surface area contributed by atoms with Crippen molar-refractivity contribution in [3.05, 3.63) is 65.0 Å². The van der Waals surface area contributed by atoms with E-state index in [4.69, 9.17) is 16.1 Å². The van der Waals surface area contributed by atoms with E-state index in [1.165, 1.54) is 0 Å². The summed E-state index contributed by atoms with van der Waals surface area (Å²) in [5.41, 5.74) is 2.66. The molecular weight excluding hydrogens is 388 g/mol. The molecule has 3 aromatic rings. The predicted molar refractivity (Wildman–Crippen MR) is 113 cm³/mol. The Labute approximate surface area is 174 Å². The first-order valence-corrected chi connectivity index (χ1v) is 10.1. The standard InChI is InChI=1S/C22H23ClN4O2/c1-15-7-8-19(18(23)13-15)24-20(28)14-27-11-9-17(10-12-27)22-25-21(26-29-22)16-5-3-2-4-6-16/h2-8,13,17H,9-12,14H2,1H3,(H,24,28). The molecule has 0 radical (unpaired) electrons. The molecule has 150 valence electrons. The van der Waals surface area contributed by atoms with Crippen molar-refractivity contribution in [3.63, 3.8) is 0 Å². The summed E-state index contributed by atoms with van der Waals surface area (Å²) in [7, 11) is 0. The van der Waals surface area contributed by atoms with Crippen LogP contribution in [0.5, 0.6) is 0 Å². The minimum Gasteiger partial charge on any atom is -0.339 e. The Morgan fingerprint density at radius 1 is 1.21 bits per heavy atom. The average Bonchev–Trinajstić information content (AvgIpc) is 3.22. The third kappa shape index (κ3) is 4.83. The highest BCUT2D eigenvalue weighted by atomic mass is 35.5. The topological polar surface area (TPSA) is 71.3 Å². The third-order valence-corrected chi connectivity index (χ3v) is 5.49. The van der Waals surface area contributed by atoms with Gasteiger partial charge in [0.1, 0.15) is 0 Å². The van der Waals surface area contributed by atoms with Crippen molar-refractivity contribution < 1.29 is 9.32 Å². The van der Waals surface area contributed by atoms with Gasteiger partial charge in [-0.15, -0.1) is 0 Å². The largest absolute Gasteiger partial charge is 0.339 e. The Kier molecular flexibility index (Phi) is 5.92. The summed E-state index contributed by atoms with van der Waals surface area (Å²) in [5, 5.41) is 7.57. The van der Waals surface area contributed by atoms with Gasteiger partial charge in [-0.2, -0.15) is 4.98 Å². The van der Waals surface area contributed by atoms with Crippen LogP contribution in [0.2, 0.25) is 5.02 Å². The maximum Gasteiger partial charge on any atom is 0.238 e. The molecule has 1 aliphatic heterocycles. The summed E-state index contributed by atoms with van der Waals surface area (Å²) in [6.07, 6.45) is 1.77. The van der Waals surface area contributed by atoms with Gasteiger partial charge >= 0.3 is 0 Å². The number of nitrogens with one attached hydrogen (secondary N) is 1. The lowest BCUT2D eigenvalue weighted by atomic mass is 9.97. The van der Waals surface area contributed by atoms with Gasteiger partial charge in [0.05, 0.1) is 17.3 Å². The van der Waals surface area contributed by atoms with E-state index in [1.807, 2.05) is 55.5 Å². The molecule has 1 aliphatic rings. The number of carbonyl (C=O) groups is 1. The molecule has 0 unspecified atom stereocenters. The summed E-state index contributed by atoms with van der Waals surface area (Å²) >= 11 is 6.20. The fourth-order valence-corrected chi connectivity index (χ4v) is 3.84. The van der Waals surface area contributed by atoms with Crippen LogP contribution in [0.4, 0.5) is 5.69 Å². The lowest BCUT2D eigenvalue weighted by Gasteiger charge is -2.29. The van der Waals surface area contributed by atoms with Crippen molar-refractivity contribution in [3.8, 4) is 11.4 Å². The van der Waals surface area contributed by atoms with Gasteiger partial charge in [0.2, 0.25) is 17.6 Å². The summed E-state index contributed by atoms with van der Waals surface area (Å²) in [6, 6.07) is 15.4. The first kappa shape index (κ1) is 19.6. The van der Waals surface area contributed by atoms with E-state index in [0.717, 1.165) is 37.1 Å². The first-order chi connectivity index (χ1) is 14.1. The molecule has 6 nitrogen and oxygen atoms in total. The van der Waals surface area contributed by atoms with E-state index in [1.54, 1.807) is 0 Å². The number of piperidine rings is 1. The molecule has 2 heterocycles. The number of rotatable bonds is 5. The van der Waals surface area contributed by atoms with Crippen LogP contribution in [-0.2, 0) is 4.79 Å². The second-order valence-corrected chi connectivity index (χ2v) is 7.81. The van der Waals surface area contributed by atoms with Gasteiger partial charge in [0.25, 0.3) is 0 Å². The molecule has 1 N–H and O–H groups in total. The molecule has 0 spiro atoms. The lowest BCUT2D eigenvalue weighted by molar-refractivity contribution is -0.117. The van der Waals surface area contributed by atoms with E-state index in [0.29, 0.717) is 29.0 Å². The molecule has 2 aromatic carbocycles. The monoisotopic (exact) mass is 410 g/mol. The van der Waals surface area contributed by atoms with Crippen LogP contribution >= 0.6 is 11.6 Å². The molecule has 1 amide bonds. The van der Waals surface area contributed by atoms with Gasteiger partial charge in [-0.25, -0.2) is 0 Å². The normalized spacial score (nSPS) is 15.4. The number of aryl methyl sites for hydroxylation is 1. The highest BCUT2D eigenvalue weighted by Gasteiger charge is 2.26. The SMILES string of the molecule is Cc1ccc(NC(=O)CN2CCC(c3nc(-c4ccccc4)no3)CC2)c(Cl)c1. The Balaban J connectivity index is 1.29. The predicted octanol–water partition coefficient (Wildman–Crippen LogP) is 4.52. The zero-order valence-corrected chi connectivity index (χ0v) is 17.0. The van der Waals surface area contributed by atoms with Crippen LogP contribution in [0.25, 0.3) is 11.4 Å². The highest BCUT2D eigenvalue weighted by molar-refractivity contribution is 6.33. The van der Waals surface area contributed by atoms with Gasteiger partial charge in [-0.1, -0.05) is 53.2 Å². The number of likely N-dealkylation sites (tertiary alicyclic amines) is 1. The summed E-state index contributed by atoms with van der Waals surface area (Å²) in [4.78, 5) is 19.1. The second-order valence-electron chi connectivity index (χ2n) is 7.40. The summed E-state index contributed by atoms with van der Waals surface area (Å²) < 4.78 is 5.50. The van der Waals surface area contributed by atoms with Crippen molar-refractivity contribution in [2.45, 2.75) is 25.7 Å². The zero-order valence-electron chi connectivity index (χ0n) is 16.3. The van der Waals surface area contributed by atoms with Crippen LogP contribution in [0.3, 0.4) is 0 Å². The van der Waals surface area contributed by atoms with E-state index < -0.39 is 0 Å². The van der Waals surface area contributed by atoms with Crippen molar-refractivity contribution in [2.24, 2.45) is 0 Å². The van der Waals surface area contributed by atoms with Crippen molar-refractivity contribution in [1.82, 2.24) is 15.0 Å². The van der Waals surface area contributed by atoms with Gasteiger partial charge < -0.3 is 9.84 Å². The molecule has 1 fully saturated rings. The number of aromatic nitrogens is 2. The van der Waals surface area contributed by atoms with Crippen molar-refractivity contribution >= 4 is 23.2 Å². The molecule has 7 heteroatoms. The van der Waals surface area contributed by atoms with Gasteiger partial charge in [0.15, 0.2) is 0 Å². The Morgan fingerprint density at radius 3 is 2.69 bits per heavy atom. The quantitative estimate of drug-likeness (QED) is 0.669. The van der Waals surface area contributed by atoms with Crippen LogP contribution in [-0.4, -0.2) is 40.6 Å². The maximum atomic E-state index is 12.4. The second kappa shape index (κ2) is 8.76. The lowest BCUT2D eigenvalue weighted by Crippen LogP contribution is -2.38. The summed E-state index contributed by atoms with van der Waals surface area (Å²) in [6.45, 7) is 3.93. The minimum absolute atomic E-state index is 0.0571. The van der Waals surface area contributed by atoms with E-state index >= 15 is 0 Å². The number of benzene rings is 2. The van der Waals surface area contributed by atoms with Gasteiger partial charge in [-0.05, 0) is 50.6 Å². The van der Waals surface area contributed by atoms with E-state index in [9.17, 15) is 4.79 Å². The number of nitrogens with zero attached hydrogens (tertiary/aromatic N) is 3. The number of amides is 1. The summed E-state index contributed by atoms with van der Waals surface area (Å²) in [5.74, 6) is 1.47. The number of hydrogen-bond donors (Lipinski definition) is 1. The highest BCUT2D eigenvalue weighted by Crippen LogP contribution is 2.28. The fourth-order valence-electron chi connectivity index (χ4n) is 3.56. The molecule has 0 aliphatic carbocycles. The molecule has 1 aromatic heterocycles. The molecule has 1 saturated heterocycles. The molecule has 0 saturated carbocycles. The van der Waals surface area contributed by atoms with Crippen LogP contribution in [0, 0.1) is 6.92 Å². The fraction of sp³-hybridized carbons (Fsp3) is 0.318. The first-order valence-electron chi connectivity index (χ1n) is 9.76.